The second-order valence-corrected chi connectivity index (χ2v) is 13.2. The molecule has 1 N–H and O–H groups in total. The monoisotopic (exact) mass is 707 g/mol. The molecule has 0 aliphatic carbocycles. The summed E-state index contributed by atoms with van der Waals surface area (Å²) in [4.78, 5) is 68.3. The van der Waals surface area contributed by atoms with Gasteiger partial charge in [-0.1, -0.05) is 66.2 Å². The summed E-state index contributed by atoms with van der Waals surface area (Å²) >= 11 is 6.00. The van der Waals surface area contributed by atoms with Crippen LogP contribution in [0.5, 0.6) is 0 Å². The van der Waals surface area contributed by atoms with E-state index in [1.807, 2.05) is 49.3 Å². The molecule has 0 unspecified atom stereocenters. The predicted octanol–water partition coefficient (Wildman–Crippen LogP) is 6.79. The van der Waals surface area contributed by atoms with Gasteiger partial charge in [0.05, 0.1) is 5.02 Å². The molecule has 0 saturated carbocycles. The van der Waals surface area contributed by atoms with Crippen LogP contribution in [0.4, 0.5) is 4.39 Å². The minimum absolute atomic E-state index is 0.00491. The molecule has 0 spiro atoms. The number of likely N-dealkylation sites (N-methyl/N-ethyl adjacent to an activating group) is 1. The fourth-order valence-corrected chi connectivity index (χ4v) is 6.43. The van der Waals surface area contributed by atoms with E-state index in [0.717, 1.165) is 23.2 Å². The van der Waals surface area contributed by atoms with Gasteiger partial charge in [-0.3, -0.25) is 24.0 Å². The Balaban J connectivity index is 1.49. The molecular formula is C41H39ClFN3O5. The molecule has 0 fully saturated rings. The van der Waals surface area contributed by atoms with E-state index < -0.39 is 17.8 Å². The van der Waals surface area contributed by atoms with E-state index in [4.69, 9.17) is 11.6 Å². The van der Waals surface area contributed by atoms with Crippen LogP contribution in [0.2, 0.25) is 5.02 Å². The molecule has 0 saturated heterocycles. The Morgan fingerprint density at radius 3 is 2.24 bits per heavy atom. The number of hydrogen-bond acceptors (Lipinski definition) is 6. The Labute approximate surface area is 301 Å². The number of carbonyl (C=O) groups excluding carboxylic acids is 5. The van der Waals surface area contributed by atoms with Gasteiger partial charge in [-0.25, -0.2) is 4.39 Å². The highest BCUT2D eigenvalue weighted by molar-refractivity contribution is 6.31. The first-order valence-electron chi connectivity index (χ1n) is 16.6. The van der Waals surface area contributed by atoms with Crippen LogP contribution in [0.3, 0.4) is 0 Å². The lowest BCUT2D eigenvalue weighted by Gasteiger charge is -2.37. The van der Waals surface area contributed by atoms with Crippen LogP contribution in [0, 0.1) is 5.82 Å². The zero-order chi connectivity index (χ0) is 36.8. The maximum absolute atomic E-state index is 15.0. The van der Waals surface area contributed by atoms with Crippen LogP contribution in [-0.2, 0) is 22.4 Å². The van der Waals surface area contributed by atoms with Crippen LogP contribution < -0.4 is 5.32 Å². The largest absolute Gasteiger partial charge is 0.351 e. The third kappa shape index (κ3) is 8.56. The number of nitrogens with zero attached hydrogens (tertiary/aromatic N) is 2. The lowest BCUT2D eigenvalue weighted by atomic mass is 9.83. The van der Waals surface area contributed by atoms with Gasteiger partial charge in [0.1, 0.15) is 11.9 Å². The van der Waals surface area contributed by atoms with Gasteiger partial charge in [-0.2, -0.15) is 0 Å². The topological polar surface area (TPSA) is 104 Å². The number of rotatable bonds is 12. The fourth-order valence-electron chi connectivity index (χ4n) is 6.26. The Hall–Kier alpha value is -5.25. The van der Waals surface area contributed by atoms with E-state index in [9.17, 15) is 24.0 Å². The highest BCUT2D eigenvalue weighted by Crippen LogP contribution is 2.38. The average molecular weight is 708 g/mol. The maximum atomic E-state index is 15.0. The lowest BCUT2D eigenvalue weighted by Crippen LogP contribution is -2.43. The number of halogens is 2. The van der Waals surface area contributed by atoms with Gasteiger partial charge in [0.15, 0.2) is 17.3 Å². The van der Waals surface area contributed by atoms with Crippen molar-refractivity contribution in [2.24, 2.45) is 0 Å². The van der Waals surface area contributed by atoms with Crippen molar-refractivity contribution in [3.63, 3.8) is 0 Å². The number of carbonyl (C=O) groups is 5. The number of amides is 2. The first kappa shape index (κ1) is 37.0. The summed E-state index contributed by atoms with van der Waals surface area (Å²) in [5, 5.41) is 2.73. The molecule has 262 valence electrons. The van der Waals surface area contributed by atoms with Crippen molar-refractivity contribution in [3.8, 4) is 11.1 Å². The number of Topliss-reactive ketones (excluding diaryl/α,β-unsaturated/α-hetero) is 3. The third-order valence-corrected chi connectivity index (χ3v) is 9.25. The number of fused-ring (bicyclic) bond motifs is 1. The van der Waals surface area contributed by atoms with Gasteiger partial charge in [0.2, 0.25) is 5.91 Å². The highest BCUT2D eigenvalue weighted by atomic mass is 35.5. The molecular weight excluding hydrogens is 669 g/mol. The maximum Gasteiger partial charge on any atom is 0.251 e. The minimum atomic E-state index is -0.975. The predicted molar refractivity (Wildman–Crippen MR) is 197 cm³/mol. The minimum Gasteiger partial charge on any atom is -0.351 e. The molecule has 0 aromatic heterocycles. The van der Waals surface area contributed by atoms with E-state index in [1.54, 1.807) is 36.4 Å². The quantitative estimate of drug-likeness (QED) is 0.128. The van der Waals surface area contributed by atoms with Crippen LogP contribution in [0.15, 0.2) is 84.9 Å². The van der Waals surface area contributed by atoms with Crippen molar-refractivity contribution in [1.82, 2.24) is 15.1 Å². The Morgan fingerprint density at radius 2 is 1.59 bits per heavy atom. The van der Waals surface area contributed by atoms with Gasteiger partial charge in [0, 0.05) is 54.4 Å². The second-order valence-electron chi connectivity index (χ2n) is 12.8. The van der Waals surface area contributed by atoms with Crippen LogP contribution in [-0.4, -0.2) is 72.7 Å². The van der Waals surface area contributed by atoms with Crippen molar-refractivity contribution in [1.29, 1.82) is 0 Å². The molecule has 2 amide bonds. The molecule has 0 radical (unpaired) electrons. The van der Waals surface area contributed by atoms with E-state index in [0.29, 0.717) is 35.2 Å². The molecule has 4 aromatic rings. The molecule has 1 aliphatic heterocycles. The molecule has 51 heavy (non-hydrogen) atoms. The smallest absolute Gasteiger partial charge is 0.251 e. The summed E-state index contributed by atoms with van der Waals surface area (Å²) in [6.07, 6.45) is 2.82. The van der Waals surface area contributed by atoms with Crippen LogP contribution >= 0.6 is 11.6 Å². The number of benzene rings is 4. The lowest BCUT2D eigenvalue weighted by molar-refractivity contribution is -0.136. The first-order chi connectivity index (χ1) is 24.3. The molecule has 1 atom stereocenters. The molecule has 0 bridgehead atoms. The van der Waals surface area contributed by atoms with Gasteiger partial charge in [0.25, 0.3) is 5.91 Å². The Morgan fingerprint density at radius 1 is 0.902 bits per heavy atom. The summed E-state index contributed by atoms with van der Waals surface area (Å²) in [5.74, 6) is -2.24. The van der Waals surface area contributed by atoms with Gasteiger partial charge in [-0.15, -0.1) is 0 Å². The standard InChI is InChI=1S/C41H39ClFN3O5/c1-25(47)28-10-8-27(9-11-28)24-37(49)40-35-7-5-6-32(29-12-14-30(15-13-29)41(51)44-21-23-45(3)4)33(35)20-22-46(40)38(50)19-17-34-31(26(2)48)16-18-36(42)39(34)43/h5-19,40H,20-24H2,1-4H3,(H,44,51)/b19-17+/t40-/m0/s1. The van der Waals surface area contributed by atoms with Crippen molar-refractivity contribution < 1.29 is 28.4 Å². The molecule has 5 rings (SSSR count). The highest BCUT2D eigenvalue weighted by Gasteiger charge is 2.36. The molecule has 1 heterocycles. The molecule has 8 nitrogen and oxygen atoms in total. The SMILES string of the molecule is CC(=O)c1ccc(CC(=O)[C@@H]2c3cccc(-c4ccc(C(=O)NCCN(C)C)cc4)c3CCN2C(=O)/C=C/c2c(C(C)=O)ccc(Cl)c2F)cc1. The zero-order valence-corrected chi connectivity index (χ0v) is 29.7. The van der Waals surface area contributed by atoms with Gasteiger partial charge in [-0.05, 0) is 92.5 Å². The van der Waals surface area contributed by atoms with Crippen molar-refractivity contribution in [2.45, 2.75) is 32.7 Å². The molecule has 1 aliphatic rings. The zero-order valence-electron chi connectivity index (χ0n) is 29.0. The van der Waals surface area contributed by atoms with E-state index in [-0.39, 0.29) is 52.4 Å². The fraction of sp³-hybridized carbons (Fsp3) is 0.244. The van der Waals surface area contributed by atoms with Crippen LogP contribution in [0.1, 0.15) is 73.2 Å². The number of hydrogen-bond donors (Lipinski definition) is 1. The summed E-state index contributed by atoms with van der Waals surface area (Å²) in [6, 6.07) is 21.4. The summed E-state index contributed by atoms with van der Waals surface area (Å²) in [6.45, 7) is 4.20. The summed E-state index contributed by atoms with van der Waals surface area (Å²) < 4.78 is 15.0. The number of nitrogens with one attached hydrogen (secondary N) is 1. The Bertz CT molecular complexity index is 2020. The second kappa shape index (κ2) is 16.2. The first-order valence-corrected chi connectivity index (χ1v) is 17.0. The Kier molecular flexibility index (Phi) is 11.7. The summed E-state index contributed by atoms with van der Waals surface area (Å²) in [7, 11) is 3.87. The summed E-state index contributed by atoms with van der Waals surface area (Å²) in [5.41, 5.74) is 5.01. The van der Waals surface area contributed by atoms with E-state index in [1.165, 1.54) is 43.0 Å². The van der Waals surface area contributed by atoms with Gasteiger partial charge >= 0.3 is 0 Å². The van der Waals surface area contributed by atoms with Gasteiger partial charge < -0.3 is 15.1 Å². The third-order valence-electron chi connectivity index (χ3n) is 8.96. The van der Waals surface area contributed by atoms with Crippen molar-refractivity contribution in [2.75, 3.05) is 33.7 Å². The van der Waals surface area contributed by atoms with Crippen LogP contribution in [0.25, 0.3) is 17.2 Å². The van der Waals surface area contributed by atoms with E-state index >= 15 is 4.39 Å². The van der Waals surface area contributed by atoms with Crippen molar-refractivity contribution >= 4 is 46.8 Å². The number of ketones is 3. The molecule has 4 aromatic carbocycles. The van der Waals surface area contributed by atoms with E-state index in [2.05, 4.69) is 5.32 Å². The average Bonchev–Trinajstić information content (AvgIpc) is 3.11. The van der Waals surface area contributed by atoms with Crippen molar-refractivity contribution in [3.05, 3.63) is 135 Å². The normalized spacial score (nSPS) is 14.0. The molecule has 10 heteroatoms.